The largest absolute Gasteiger partial charge is 0.379 e. The Hall–Kier alpha value is -1.75. The van der Waals surface area contributed by atoms with Gasteiger partial charge in [0, 0.05) is 58.1 Å². The molecule has 0 saturated carbocycles. The summed E-state index contributed by atoms with van der Waals surface area (Å²) in [5.41, 5.74) is 0. The number of carbonyl (C=O) groups excluding carboxylic acids is 1. The first-order chi connectivity index (χ1) is 14.9. The van der Waals surface area contributed by atoms with Gasteiger partial charge in [-0.15, -0.1) is 0 Å². The molecule has 1 aromatic heterocycles. The lowest BCUT2D eigenvalue weighted by molar-refractivity contribution is -0.135. The zero-order valence-corrected chi connectivity index (χ0v) is 19.1. The molecular formula is C21H33N5O4S. The monoisotopic (exact) mass is 451 g/mol. The SMILES string of the molecule is CC1CCCCN1C(=O)CN1CCN(c2ccc(S(=O)(=O)N3CCOCC3)cn2)CC1. The minimum atomic E-state index is -3.53. The van der Waals surface area contributed by atoms with Gasteiger partial charge in [-0.25, -0.2) is 13.4 Å². The number of carbonyl (C=O) groups is 1. The quantitative estimate of drug-likeness (QED) is 0.649. The van der Waals surface area contributed by atoms with E-state index in [0.29, 0.717) is 38.9 Å². The summed E-state index contributed by atoms with van der Waals surface area (Å²) in [5, 5.41) is 0. The number of rotatable bonds is 5. The molecule has 4 rings (SSSR count). The van der Waals surface area contributed by atoms with E-state index in [0.717, 1.165) is 51.4 Å². The van der Waals surface area contributed by atoms with E-state index in [1.54, 1.807) is 12.1 Å². The fraction of sp³-hybridized carbons (Fsp3) is 0.714. The van der Waals surface area contributed by atoms with Gasteiger partial charge >= 0.3 is 0 Å². The first kappa shape index (κ1) is 22.4. The number of hydrogen-bond acceptors (Lipinski definition) is 7. The number of anilines is 1. The molecule has 1 amide bonds. The van der Waals surface area contributed by atoms with Crippen molar-refractivity contribution in [2.45, 2.75) is 37.1 Å². The number of ether oxygens (including phenoxy) is 1. The third-order valence-electron chi connectivity index (χ3n) is 6.51. The topological polar surface area (TPSA) is 86.3 Å². The van der Waals surface area contributed by atoms with Crippen LogP contribution >= 0.6 is 0 Å². The second-order valence-electron chi connectivity index (χ2n) is 8.56. The first-order valence-corrected chi connectivity index (χ1v) is 12.7. The van der Waals surface area contributed by atoms with E-state index in [-0.39, 0.29) is 10.8 Å². The Labute approximate surface area is 185 Å². The first-order valence-electron chi connectivity index (χ1n) is 11.3. The Bertz CT molecular complexity index is 849. The minimum Gasteiger partial charge on any atom is -0.379 e. The second-order valence-corrected chi connectivity index (χ2v) is 10.5. The highest BCUT2D eigenvalue weighted by molar-refractivity contribution is 7.89. The summed E-state index contributed by atoms with van der Waals surface area (Å²) in [7, 11) is -3.53. The van der Waals surface area contributed by atoms with Crippen molar-refractivity contribution < 1.29 is 17.9 Å². The van der Waals surface area contributed by atoms with Crippen LogP contribution in [0.1, 0.15) is 26.2 Å². The van der Waals surface area contributed by atoms with Gasteiger partial charge < -0.3 is 14.5 Å². The summed E-state index contributed by atoms with van der Waals surface area (Å²) in [6.07, 6.45) is 4.87. The normalized spacial score (nSPS) is 24.4. The van der Waals surface area contributed by atoms with Crippen LogP contribution in [0.15, 0.2) is 23.2 Å². The maximum Gasteiger partial charge on any atom is 0.244 e. The van der Waals surface area contributed by atoms with Gasteiger partial charge in [0.05, 0.1) is 19.8 Å². The van der Waals surface area contributed by atoms with Crippen LogP contribution in [0.3, 0.4) is 0 Å². The number of nitrogens with zero attached hydrogens (tertiary/aromatic N) is 5. The number of pyridine rings is 1. The molecule has 31 heavy (non-hydrogen) atoms. The van der Waals surface area contributed by atoms with Gasteiger partial charge in [0.15, 0.2) is 0 Å². The molecule has 1 aromatic rings. The van der Waals surface area contributed by atoms with Gasteiger partial charge in [0.2, 0.25) is 15.9 Å². The zero-order valence-electron chi connectivity index (χ0n) is 18.3. The summed E-state index contributed by atoms with van der Waals surface area (Å²) < 4.78 is 32.2. The van der Waals surface area contributed by atoms with E-state index in [9.17, 15) is 13.2 Å². The molecule has 3 fully saturated rings. The molecule has 4 heterocycles. The highest BCUT2D eigenvalue weighted by atomic mass is 32.2. The molecule has 172 valence electrons. The average Bonchev–Trinajstić information content (AvgIpc) is 2.80. The lowest BCUT2D eigenvalue weighted by Crippen LogP contribution is -2.52. The number of morpholine rings is 1. The Morgan fingerprint density at radius 2 is 1.81 bits per heavy atom. The van der Waals surface area contributed by atoms with Crippen LogP contribution in [0.5, 0.6) is 0 Å². The van der Waals surface area contributed by atoms with Crippen LogP contribution in [0.2, 0.25) is 0 Å². The Kier molecular flexibility index (Phi) is 7.10. The number of hydrogen-bond donors (Lipinski definition) is 0. The molecule has 0 aliphatic carbocycles. The summed E-state index contributed by atoms with van der Waals surface area (Å²) in [4.78, 5) is 23.7. The third kappa shape index (κ3) is 5.19. The van der Waals surface area contributed by atoms with Crippen LogP contribution in [-0.2, 0) is 19.6 Å². The lowest BCUT2D eigenvalue weighted by Gasteiger charge is -2.38. The summed E-state index contributed by atoms with van der Waals surface area (Å²) >= 11 is 0. The molecule has 1 atom stereocenters. The molecular weight excluding hydrogens is 418 g/mol. The van der Waals surface area contributed by atoms with E-state index in [2.05, 4.69) is 21.7 Å². The molecule has 0 N–H and O–H groups in total. The van der Waals surface area contributed by atoms with Gasteiger partial charge in [-0.05, 0) is 38.3 Å². The van der Waals surface area contributed by atoms with Gasteiger partial charge in [0.1, 0.15) is 10.7 Å². The Morgan fingerprint density at radius 1 is 1.06 bits per heavy atom. The number of amides is 1. The summed E-state index contributed by atoms with van der Waals surface area (Å²) in [5.74, 6) is 1.01. The number of aromatic nitrogens is 1. The Balaban J connectivity index is 1.30. The molecule has 3 aliphatic heterocycles. The highest BCUT2D eigenvalue weighted by Crippen LogP contribution is 2.21. The molecule has 0 aromatic carbocycles. The standard InChI is InChI=1S/C21H33N5O4S/c1-18-4-2-3-7-26(18)21(27)17-23-8-10-24(11-9-23)20-6-5-19(16-22-20)31(28,29)25-12-14-30-15-13-25/h5-6,16,18H,2-4,7-15,17H2,1H3. The molecule has 10 heteroatoms. The van der Waals surface area contributed by atoms with Crippen molar-refractivity contribution in [3.8, 4) is 0 Å². The number of likely N-dealkylation sites (tertiary alicyclic amines) is 1. The fourth-order valence-electron chi connectivity index (χ4n) is 4.53. The van der Waals surface area contributed by atoms with E-state index in [1.807, 2.05) is 4.90 Å². The molecule has 0 radical (unpaired) electrons. The zero-order chi connectivity index (χ0) is 21.8. The minimum absolute atomic E-state index is 0.220. The third-order valence-corrected chi connectivity index (χ3v) is 8.39. The van der Waals surface area contributed by atoms with Crippen LogP contribution in [0.4, 0.5) is 5.82 Å². The van der Waals surface area contributed by atoms with Crippen molar-refractivity contribution in [3.63, 3.8) is 0 Å². The highest BCUT2D eigenvalue weighted by Gasteiger charge is 2.28. The van der Waals surface area contributed by atoms with Gasteiger partial charge in [-0.2, -0.15) is 4.31 Å². The maximum absolute atomic E-state index is 12.7. The van der Waals surface area contributed by atoms with Crippen molar-refractivity contribution in [2.75, 3.05) is 70.5 Å². The number of piperidine rings is 1. The average molecular weight is 452 g/mol. The van der Waals surface area contributed by atoms with Crippen LogP contribution < -0.4 is 4.90 Å². The second kappa shape index (κ2) is 9.81. The lowest BCUT2D eigenvalue weighted by atomic mass is 10.0. The smallest absolute Gasteiger partial charge is 0.244 e. The molecule has 0 spiro atoms. The predicted molar refractivity (Wildman–Crippen MR) is 117 cm³/mol. The maximum atomic E-state index is 12.7. The van der Waals surface area contributed by atoms with Crippen molar-refractivity contribution >= 4 is 21.7 Å². The summed E-state index contributed by atoms with van der Waals surface area (Å²) in [6, 6.07) is 3.77. The van der Waals surface area contributed by atoms with Gasteiger partial charge in [-0.1, -0.05) is 0 Å². The molecule has 0 bridgehead atoms. The number of sulfonamides is 1. The van der Waals surface area contributed by atoms with Crippen LogP contribution in [0, 0.1) is 0 Å². The molecule has 3 saturated heterocycles. The van der Waals surface area contributed by atoms with E-state index in [4.69, 9.17) is 4.74 Å². The van der Waals surface area contributed by atoms with Gasteiger partial charge in [0.25, 0.3) is 0 Å². The predicted octanol–water partition coefficient (Wildman–Crippen LogP) is 0.626. The van der Waals surface area contributed by atoms with Crippen LogP contribution in [0.25, 0.3) is 0 Å². The fourth-order valence-corrected chi connectivity index (χ4v) is 5.89. The summed E-state index contributed by atoms with van der Waals surface area (Å²) in [6.45, 7) is 8.23. The molecule has 3 aliphatic rings. The molecule has 1 unspecified atom stereocenters. The number of piperazine rings is 1. The van der Waals surface area contributed by atoms with E-state index in [1.165, 1.54) is 16.9 Å². The van der Waals surface area contributed by atoms with Crippen molar-refractivity contribution in [1.82, 2.24) is 19.1 Å². The van der Waals surface area contributed by atoms with Crippen LogP contribution in [-0.4, -0.2) is 105 Å². The van der Waals surface area contributed by atoms with Crippen molar-refractivity contribution in [1.29, 1.82) is 0 Å². The Morgan fingerprint density at radius 3 is 2.45 bits per heavy atom. The van der Waals surface area contributed by atoms with Crippen molar-refractivity contribution in [2.24, 2.45) is 0 Å². The van der Waals surface area contributed by atoms with Crippen molar-refractivity contribution in [3.05, 3.63) is 18.3 Å². The van der Waals surface area contributed by atoms with E-state index >= 15 is 0 Å². The molecule has 9 nitrogen and oxygen atoms in total. The van der Waals surface area contributed by atoms with Gasteiger partial charge in [-0.3, -0.25) is 9.69 Å². The van der Waals surface area contributed by atoms with E-state index < -0.39 is 10.0 Å².